The molecule has 0 spiro atoms. The van der Waals surface area contributed by atoms with Gasteiger partial charge in [0.1, 0.15) is 0 Å². The van der Waals surface area contributed by atoms with Gasteiger partial charge in [-0.3, -0.25) is 4.98 Å². The normalized spacial score (nSPS) is 15.1. The zero-order valence-electron chi connectivity index (χ0n) is 22.1. The Bertz CT molecular complexity index is 1850. The van der Waals surface area contributed by atoms with Gasteiger partial charge in [0.25, 0.3) is 0 Å². The second kappa shape index (κ2) is 7.07. The summed E-state index contributed by atoms with van der Waals surface area (Å²) in [6, 6.07) is 26.3. The van der Waals surface area contributed by atoms with Crippen LogP contribution >= 0.6 is 0 Å². The van der Waals surface area contributed by atoms with Crippen LogP contribution in [-0.2, 0) is 10.6 Å². The Hall–Kier alpha value is -3.52. The van der Waals surface area contributed by atoms with Crippen LogP contribution in [0.4, 0.5) is 0 Å². The van der Waals surface area contributed by atoms with E-state index in [1.165, 1.54) is 49.6 Å². The highest BCUT2D eigenvalue weighted by atomic mass is 14.9. The molecule has 176 valence electrons. The molecule has 3 heterocycles. The van der Waals surface area contributed by atoms with Gasteiger partial charge in [0.15, 0.2) is 0 Å². The largest absolute Gasteiger partial charge is 0.311 e. The summed E-state index contributed by atoms with van der Waals surface area (Å²) in [4.78, 5) is 4.80. The van der Waals surface area contributed by atoms with Crippen molar-refractivity contribution < 1.29 is 0 Å². The maximum Gasteiger partial charge on any atom is 0.0702 e. The van der Waals surface area contributed by atoms with E-state index in [1.807, 2.05) is 18.3 Å². The van der Waals surface area contributed by atoms with E-state index in [0.29, 0.717) is 0 Å². The second-order valence-corrected chi connectivity index (χ2v) is 12.2. The number of para-hydroxylation sites is 1. The zero-order chi connectivity index (χ0) is 25.9. The lowest BCUT2D eigenvalue weighted by molar-refractivity contribution is 0.358. The summed E-state index contributed by atoms with van der Waals surface area (Å²) in [5, 5.41) is 2.93. The Morgan fingerprint density at radius 2 is 1.57 bits per heavy atom. The number of rotatable bonds is 2. The molecule has 37 heavy (non-hydrogen) atoms. The summed E-state index contributed by atoms with van der Waals surface area (Å²) >= 11 is 0. The van der Waals surface area contributed by atoms with Gasteiger partial charge in [0, 0.05) is 44.6 Å². The third kappa shape index (κ3) is 2.82. The summed E-state index contributed by atoms with van der Waals surface area (Å²) in [5.41, 5.74) is 10.5. The molecule has 0 amide bonds. The monoisotopic (exact) mass is 474 g/mol. The number of benzene rings is 3. The number of fused-ring (bicyclic) bond motifs is 8. The van der Waals surface area contributed by atoms with E-state index in [9.17, 15) is 0 Å². The minimum Gasteiger partial charge on any atom is -0.311 e. The van der Waals surface area contributed by atoms with Crippen molar-refractivity contribution in [1.82, 2.24) is 9.38 Å². The molecule has 0 N–H and O–H groups in total. The van der Waals surface area contributed by atoms with Crippen LogP contribution in [0, 0.1) is 5.41 Å². The first-order valence-electron chi connectivity index (χ1n) is 13.0. The Morgan fingerprint density at radius 3 is 2.30 bits per heavy atom. The molecule has 0 fully saturated rings. The molecule has 4 radical (unpaired) electrons. The average Bonchev–Trinajstić information content (AvgIpc) is 3.47. The summed E-state index contributed by atoms with van der Waals surface area (Å²) in [7, 11) is 13.0. The lowest BCUT2D eigenvalue weighted by Crippen LogP contribution is -2.41. The predicted molar refractivity (Wildman–Crippen MR) is 157 cm³/mol. The summed E-state index contributed by atoms with van der Waals surface area (Å²) in [6.45, 7) is 10.9. The SMILES string of the molecule is [B]C([B])(c1ccc(-c2ccc3c4cccc5c6c(n(c3c2)c54)C(C)(C)c2ccccc2-6)nc1)C(C)(C)C. The highest BCUT2D eigenvalue weighted by Gasteiger charge is 2.41. The molecule has 2 nitrogen and oxygen atoms in total. The van der Waals surface area contributed by atoms with E-state index in [2.05, 4.69) is 99.7 Å². The van der Waals surface area contributed by atoms with Crippen molar-refractivity contribution in [3.05, 3.63) is 95.8 Å². The number of pyridine rings is 1. The summed E-state index contributed by atoms with van der Waals surface area (Å²) in [6.07, 6.45) is 1.83. The molecule has 0 saturated carbocycles. The van der Waals surface area contributed by atoms with E-state index < -0.39 is 5.21 Å². The van der Waals surface area contributed by atoms with Gasteiger partial charge in [0.05, 0.1) is 32.4 Å². The Labute approximate surface area is 220 Å². The first-order valence-corrected chi connectivity index (χ1v) is 13.0. The number of nitrogens with zero attached hydrogens (tertiary/aromatic N) is 2. The van der Waals surface area contributed by atoms with E-state index in [0.717, 1.165) is 16.8 Å². The molecule has 0 aliphatic heterocycles. The van der Waals surface area contributed by atoms with Gasteiger partial charge < -0.3 is 4.40 Å². The average molecular weight is 474 g/mol. The minimum absolute atomic E-state index is 0.0989. The van der Waals surface area contributed by atoms with E-state index in [4.69, 9.17) is 20.7 Å². The fourth-order valence-electron chi connectivity index (χ4n) is 6.38. The molecule has 6 aromatic rings. The van der Waals surface area contributed by atoms with Crippen molar-refractivity contribution in [2.75, 3.05) is 0 Å². The first kappa shape index (κ1) is 22.7. The number of hydrogen-bond donors (Lipinski definition) is 0. The molecule has 3 aromatic heterocycles. The second-order valence-electron chi connectivity index (χ2n) is 12.2. The van der Waals surface area contributed by atoms with Gasteiger partial charge in [-0.1, -0.05) is 100 Å². The lowest BCUT2D eigenvalue weighted by Gasteiger charge is -2.40. The van der Waals surface area contributed by atoms with Crippen LogP contribution in [0.15, 0.2) is 79.0 Å². The van der Waals surface area contributed by atoms with Crippen molar-refractivity contribution >= 4 is 42.9 Å². The Morgan fingerprint density at radius 1 is 0.811 bits per heavy atom. The van der Waals surface area contributed by atoms with E-state index in [1.54, 1.807) is 0 Å². The molecule has 4 heteroatoms. The van der Waals surface area contributed by atoms with Gasteiger partial charge >= 0.3 is 0 Å². The van der Waals surface area contributed by atoms with Gasteiger partial charge in [0.2, 0.25) is 0 Å². The van der Waals surface area contributed by atoms with Crippen LogP contribution in [-0.4, -0.2) is 25.1 Å². The summed E-state index contributed by atoms with van der Waals surface area (Å²) in [5.74, 6) is 0. The maximum atomic E-state index is 6.51. The van der Waals surface area contributed by atoms with Crippen LogP contribution in [0.25, 0.3) is 49.6 Å². The first-order chi connectivity index (χ1) is 17.5. The van der Waals surface area contributed by atoms with Crippen molar-refractivity contribution in [3.63, 3.8) is 0 Å². The molecular formula is C33H28B2N2. The molecule has 0 unspecified atom stereocenters. The van der Waals surface area contributed by atoms with Crippen LogP contribution < -0.4 is 0 Å². The predicted octanol–water partition coefficient (Wildman–Crippen LogP) is 7.59. The molecule has 0 atom stereocenters. The van der Waals surface area contributed by atoms with Crippen molar-refractivity contribution in [2.24, 2.45) is 5.41 Å². The minimum atomic E-state index is -0.962. The van der Waals surface area contributed by atoms with Crippen LogP contribution in [0.2, 0.25) is 0 Å². The van der Waals surface area contributed by atoms with Crippen molar-refractivity contribution in [1.29, 1.82) is 0 Å². The van der Waals surface area contributed by atoms with Gasteiger partial charge in [-0.2, -0.15) is 0 Å². The zero-order valence-corrected chi connectivity index (χ0v) is 22.1. The number of hydrogen-bond acceptors (Lipinski definition) is 1. The molecule has 0 saturated heterocycles. The van der Waals surface area contributed by atoms with Crippen LogP contribution in [0.5, 0.6) is 0 Å². The molecular weight excluding hydrogens is 446 g/mol. The topological polar surface area (TPSA) is 17.3 Å². The smallest absolute Gasteiger partial charge is 0.0702 e. The fraction of sp³-hybridized carbons (Fsp3) is 0.242. The highest BCUT2D eigenvalue weighted by molar-refractivity contribution is 6.40. The van der Waals surface area contributed by atoms with Crippen LogP contribution in [0.1, 0.15) is 51.4 Å². The molecule has 1 aliphatic rings. The highest BCUT2D eigenvalue weighted by Crippen LogP contribution is 2.54. The third-order valence-electron chi connectivity index (χ3n) is 8.76. The van der Waals surface area contributed by atoms with Gasteiger partial charge in [-0.25, -0.2) is 0 Å². The van der Waals surface area contributed by atoms with Gasteiger partial charge in [-0.15, -0.1) is 0 Å². The lowest BCUT2D eigenvalue weighted by atomic mass is 9.41. The maximum absolute atomic E-state index is 6.51. The third-order valence-corrected chi connectivity index (χ3v) is 8.76. The molecule has 1 aliphatic carbocycles. The molecule has 7 rings (SSSR count). The Kier molecular flexibility index (Phi) is 4.33. The standard InChI is InChI=1S/C33H28B2N2/c1-31(2,3)33(34,35)20-14-16-26(36-18-20)19-13-15-21-22-10-8-11-24-28-23-9-6-7-12-25(23)32(4,5)30(28)37(29(22)24)27(21)17-19/h6-18H,1-5H3. The summed E-state index contributed by atoms with van der Waals surface area (Å²) < 4.78 is 2.51. The van der Waals surface area contributed by atoms with Crippen molar-refractivity contribution in [3.8, 4) is 22.4 Å². The van der Waals surface area contributed by atoms with E-state index >= 15 is 0 Å². The van der Waals surface area contributed by atoms with Crippen LogP contribution in [0.3, 0.4) is 0 Å². The number of aromatic nitrogens is 2. The molecule has 3 aromatic carbocycles. The fourth-order valence-corrected chi connectivity index (χ4v) is 6.38. The Balaban J connectivity index is 1.47. The molecule has 0 bridgehead atoms. The van der Waals surface area contributed by atoms with Gasteiger partial charge in [-0.05, 0) is 34.2 Å². The van der Waals surface area contributed by atoms with Crippen molar-refractivity contribution in [2.45, 2.75) is 45.2 Å². The quantitative estimate of drug-likeness (QED) is 0.237. The van der Waals surface area contributed by atoms with E-state index in [-0.39, 0.29) is 10.8 Å².